The lowest BCUT2D eigenvalue weighted by Crippen LogP contribution is -2.38. The van der Waals surface area contributed by atoms with Gasteiger partial charge in [0.05, 0.1) is 24.5 Å². The summed E-state index contributed by atoms with van der Waals surface area (Å²) in [5, 5.41) is 31.2. The molecule has 7 heteroatoms. The Kier molecular flexibility index (Phi) is 7.39. The molecule has 3 N–H and O–H groups in total. The van der Waals surface area contributed by atoms with Crippen LogP contribution in [0.25, 0.3) is 6.08 Å². The molecule has 2 amide bonds. The van der Waals surface area contributed by atoms with Gasteiger partial charge in [-0.1, -0.05) is 40.1 Å². The minimum Gasteiger partial charge on any atom is -0.507 e. The zero-order valence-electron chi connectivity index (χ0n) is 18.1. The van der Waals surface area contributed by atoms with Gasteiger partial charge in [-0.3, -0.25) is 14.5 Å². The lowest BCUT2D eigenvalue weighted by atomic mass is 9.68. The largest absolute Gasteiger partial charge is 0.507 e. The molecule has 0 spiro atoms. The summed E-state index contributed by atoms with van der Waals surface area (Å²) in [6.45, 7) is 3.63. The third-order valence-electron chi connectivity index (χ3n) is 6.65. The van der Waals surface area contributed by atoms with Crippen molar-refractivity contribution in [1.29, 1.82) is 0 Å². The van der Waals surface area contributed by atoms with E-state index < -0.39 is 23.9 Å². The fraction of sp³-hybridized carbons (Fsp3) is 0.500. The van der Waals surface area contributed by atoms with Gasteiger partial charge in [-0.05, 0) is 56.4 Å². The lowest BCUT2D eigenvalue weighted by molar-refractivity contribution is -0.138. The van der Waals surface area contributed by atoms with Crippen molar-refractivity contribution in [3.05, 3.63) is 45.0 Å². The summed E-state index contributed by atoms with van der Waals surface area (Å²) in [5.74, 6) is -1.87. The molecule has 1 aromatic carbocycles. The number of fused-ring (bicyclic) bond motifs is 1. The molecule has 31 heavy (non-hydrogen) atoms. The van der Waals surface area contributed by atoms with Crippen molar-refractivity contribution >= 4 is 33.8 Å². The minimum atomic E-state index is -0.807. The van der Waals surface area contributed by atoms with Crippen molar-refractivity contribution < 1.29 is 24.9 Å². The quantitative estimate of drug-likeness (QED) is 0.399. The van der Waals surface area contributed by atoms with E-state index in [1.54, 1.807) is 12.1 Å². The van der Waals surface area contributed by atoms with E-state index in [-0.39, 0.29) is 24.2 Å². The highest BCUT2D eigenvalue weighted by molar-refractivity contribution is 9.10. The first-order chi connectivity index (χ1) is 14.7. The van der Waals surface area contributed by atoms with Crippen LogP contribution in [0.2, 0.25) is 0 Å². The number of halogens is 1. The van der Waals surface area contributed by atoms with Gasteiger partial charge in [0.2, 0.25) is 11.8 Å². The van der Waals surface area contributed by atoms with Crippen molar-refractivity contribution in [3.63, 3.8) is 0 Å². The van der Waals surface area contributed by atoms with Crippen LogP contribution in [0.1, 0.15) is 45.1 Å². The van der Waals surface area contributed by atoms with Crippen LogP contribution in [0.4, 0.5) is 0 Å². The first-order valence-corrected chi connectivity index (χ1v) is 11.5. The fourth-order valence-electron chi connectivity index (χ4n) is 4.96. The van der Waals surface area contributed by atoms with Crippen LogP contribution in [0, 0.1) is 17.8 Å². The van der Waals surface area contributed by atoms with Crippen LogP contribution in [0.3, 0.4) is 0 Å². The molecule has 1 aliphatic heterocycles. The van der Waals surface area contributed by atoms with Crippen molar-refractivity contribution in [2.24, 2.45) is 17.8 Å². The Labute approximate surface area is 191 Å². The van der Waals surface area contributed by atoms with Crippen molar-refractivity contribution in [3.8, 4) is 5.75 Å². The number of aliphatic hydroxyl groups is 2. The number of carbonyl (C=O) groups excluding carboxylic acids is 2. The van der Waals surface area contributed by atoms with Gasteiger partial charge in [-0.2, -0.15) is 0 Å². The summed E-state index contributed by atoms with van der Waals surface area (Å²) < 4.78 is 0.871. The molecule has 1 aromatic rings. The number of hydrogen-bond donors (Lipinski definition) is 3. The predicted octanol–water partition coefficient (Wildman–Crippen LogP) is 3.65. The number of benzene rings is 1. The van der Waals surface area contributed by atoms with Crippen LogP contribution < -0.4 is 0 Å². The van der Waals surface area contributed by atoms with E-state index in [1.165, 1.54) is 7.05 Å². The van der Waals surface area contributed by atoms with E-state index in [2.05, 4.69) is 15.9 Å². The van der Waals surface area contributed by atoms with Crippen molar-refractivity contribution in [2.45, 2.75) is 45.6 Å². The molecule has 168 valence electrons. The molecule has 0 aromatic heterocycles. The number of aromatic hydroxyl groups is 1. The predicted molar refractivity (Wildman–Crippen MR) is 122 cm³/mol. The molecule has 2 aliphatic rings. The molecule has 1 fully saturated rings. The number of imide groups is 1. The summed E-state index contributed by atoms with van der Waals surface area (Å²) >= 11 is 3.41. The molecule has 1 heterocycles. The average molecular weight is 492 g/mol. The topological polar surface area (TPSA) is 98.1 Å². The molecule has 0 unspecified atom stereocenters. The number of rotatable bonds is 7. The summed E-state index contributed by atoms with van der Waals surface area (Å²) in [6.07, 6.45) is 3.38. The van der Waals surface area contributed by atoms with Gasteiger partial charge < -0.3 is 15.3 Å². The number of aliphatic hydroxyl groups excluding tert-OH is 2. The monoisotopic (exact) mass is 491 g/mol. The standard InChI is InChI=1S/C24H30BrNO5/c1-4-14(10-15-11-16(25)6-8-19(15)28)5-7-20(29)21-13(2)9-17-22(18(21)12-27)24(31)26(3)23(17)30/h6,8,10-11,17-18,20,22,27-29H,4-5,7,9,12H2,1-3H3/b14-10+/t17-,18+,20-,22-/m1/s1. The molecule has 6 nitrogen and oxygen atoms in total. The number of phenols is 1. The van der Waals surface area contributed by atoms with Gasteiger partial charge in [-0.15, -0.1) is 0 Å². The smallest absolute Gasteiger partial charge is 0.233 e. The third kappa shape index (κ3) is 4.64. The Hall–Kier alpha value is -1.96. The zero-order valence-corrected chi connectivity index (χ0v) is 19.7. The molecule has 1 saturated heterocycles. The van der Waals surface area contributed by atoms with Crippen LogP contribution >= 0.6 is 15.9 Å². The number of allylic oxidation sites excluding steroid dienone is 2. The van der Waals surface area contributed by atoms with Crippen LogP contribution in [-0.2, 0) is 9.59 Å². The second-order valence-corrected chi connectivity index (χ2v) is 9.43. The Morgan fingerprint density at radius 2 is 2.03 bits per heavy atom. The number of phenolic OH excluding ortho intramolecular Hbond substituents is 1. The lowest BCUT2D eigenvalue weighted by Gasteiger charge is -2.35. The molecule has 0 bridgehead atoms. The Morgan fingerprint density at radius 3 is 2.68 bits per heavy atom. The Balaban J connectivity index is 1.79. The summed E-state index contributed by atoms with van der Waals surface area (Å²) in [7, 11) is 1.48. The van der Waals surface area contributed by atoms with Gasteiger partial charge in [0.25, 0.3) is 0 Å². The van der Waals surface area contributed by atoms with Crippen molar-refractivity contribution in [2.75, 3.05) is 13.7 Å². The van der Waals surface area contributed by atoms with Crippen molar-refractivity contribution in [1.82, 2.24) is 4.90 Å². The number of amides is 2. The molecule has 0 saturated carbocycles. The number of likely N-dealkylation sites (tertiary alicyclic amines) is 1. The maximum atomic E-state index is 12.6. The zero-order chi connectivity index (χ0) is 22.9. The van der Waals surface area contributed by atoms with Gasteiger partial charge in [0.15, 0.2) is 0 Å². The SMILES string of the molecule is CC/C(=C\c1cc(Br)ccc1O)CC[C@@H](O)C1=C(C)C[C@H]2C(=O)N(C)C(=O)[C@H]2[C@H]1CO. The Morgan fingerprint density at radius 1 is 1.32 bits per heavy atom. The molecule has 0 radical (unpaired) electrons. The molecule has 4 atom stereocenters. The highest BCUT2D eigenvalue weighted by atomic mass is 79.9. The van der Waals surface area contributed by atoms with E-state index >= 15 is 0 Å². The first-order valence-electron chi connectivity index (χ1n) is 10.7. The van der Waals surface area contributed by atoms with Gasteiger partial charge >= 0.3 is 0 Å². The van der Waals surface area contributed by atoms with Crippen LogP contribution in [0.15, 0.2) is 39.4 Å². The Bertz CT molecular complexity index is 938. The van der Waals surface area contributed by atoms with E-state index in [1.807, 2.05) is 26.0 Å². The van der Waals surface area contributed by atoms with Gasteiger partial charge in [0.1, 0.15) is 5.75 Å². The highest BCUT2D eigenvalue weighted by Crippen LogP contribution is 2.45. The van der Waals surface area contributed by atoms with E-state index in [4.69, 9.17) is 0 Å². The molecular weight excluding hydrogens is 462 g/mol. The van der Waals surface area contributed by atoms with E-state index in [9.17, 15) is 24.9 Å². The number of hydrogen-bond acceptors (Lipinski definition) is 5. The normalized spacial score (nSPS) is 25.3. The molecule has 3 rings (SSSR count). The van der Waals surface area contributed by atoms with Gasteiger partial charge in [-0.25, -0.2) is 0 Å². The maximum absolute atomic E-state index is 12.6. The summed E-state index contributed by atoms with van der Waals surface area (Å²) in [4.78, 5) is 26.2. The van der Waals surface area contributed by atoms with E-state index in [0.717, 1.165) is 26.9 Å². The van der Waals surface area contributed by atoms with Crippen LogP contribution in [-0.4, -0.2) is 51.8 Å². The number of carbonyl (C=O) groups is 2. The second-order valence-electron chi connectivity index (χ2n) is 8.51. The minimum absolute atomic E-state index is 0.195. The highest BCUT2D eigenvalue weighted by Gasteiger charge is 2.53. The van der Waals surface area contributed by atoms with Gasteiger partial charge in [0, 0.05) is 23.0 Å². The summed E-state index contributed by atoms with van der Waals surface area (Å²) in [6, 6.07) is 5.25. The second kappa shape index (κ2) is 9.67. The first kappa shape index (κ1) is 23.7. The third-order valence-corrected chi connectivity index (χ3v) is 7.14. The summed E-state index contributed by atoms with van der Waals surface area (Å²) in [5.41, 5.74) is 3.37. The van der Waals surface area contributed by atoms with E-state index in [0.29, 0.717) is 30.4 Å². The van der Waals surface area contributed by atoms with Crippen LogP contribution in [0.5, 0.6) is 5.75 Å². The molecular formula is C24H30BrNO5. The molecule has 1 aliphatic carbocycles. The fourth-order valence-corrected chi connectivity index (χ4v) is 5.34. The number of nitrogens with zero attached hydrogens (tertiary/aromatic N) is 1. The maximum Gasteiger partial charge on any atom is 0.233 e. The average Bonchev–Trinajstić information content (AvgIpc) is 2.96.